The second kappa shape index (κ2) is 5.88. The first-order valence-corrected chi connectivity index (χ1v) is 8.44. The van der Waals surface area contributed by atoms with E-state index in [2.05, 4.69) is 5.10 Å². The van der Waals surface area contributed by atoms with Gasteiger partial charge in [-0.2, -0.15) is 16.9 Å². The maximum atomic E-state index is 11.1. The molecule has 2 unspecified atom stereocenters. The number of sulfone groups is 1. The molecular formula is C10H19N3O2S2. The van der Waals surface area contributed by atoms with Crippen LogP contribution in [0.1, 0.15) is 17.7 Å². The smallest absolute Gasteiger partial charge is 0.148 e. The van der Waals surface area contributed by atoms with Gasteiger partial charge in [0, 0.05) is 42.1 Å². The molecule has 17 heavy (non-hydrogen) atoms. The van der Waals surface area contributed by atoms with Crippen LogP contribution in [0.15, 0.2) is 12.4 Å². The first-order chi connectivity index (χ1) is 7.79. The highest BCUT2D eigenvalue weighted by atomic mass is 32.2. The number of hydrogen-bond donors (Lipinski definition) is 1. The fourth-order valence-electron chi connectivity index (χ4n) is 1.47. The number of nitrogens with two attached hydrogens (primary N) is 1. The van der Waals surface area contributed by atoms with Crippen molar-refractivity contribution in [3.63, 3.8) is 0 Å². The Morgan fingerprint density at radius 1 is 1.59 bits per heavy atom. The van der Waals surface area contributed by atoms with Gasteiger partial charge in [0.2, 0.25) is 0 Å². The minimum Gasteiger partial charge on any atom is -0.327 e. The molecule has 0 aliphatic heterocycles. The highest BCUT2D eigenvalue weighted by Crippen LogP contribution is 2.30. The zero-order valence-electron chi connectivity index (χ0n) is 10.3. The Morgan fingerprint density at radius 2 is 2.24 bits per heavy atom. The highest BCUT2D eigenvalue weighted by Gasteiger charge is 2.18. The van der Waals surface area contributed by atoms with Crippen molar-refractivity contribution in [2.24, 2.45) is 12.8 Å². The molecule has 1 heterocycles. The summed E-state index contributed by atoms with van der Waals surface area (Å²) in [6.45, 7) is 1.92. The molecular weight excluding hydrogens is 258 g/mol. The topological polar surface area (TPSA) is 78.0 Å². The van der Waals surface area contributed by atoms with Crippen molar-refractivity contribution < 1.29 is 8.42 Å². The Labute approximate surface area is 107 Å². The molecule has 2 atom stereocenters. The number of aromatic nitrogens is 2. The number of rotatable bonds is 6. The van der Waals surface area contributed by atoms with Gasteiger partial charge >= 0.3 is 0 Å². The predicted octanol–water partition coefficient (Wildman–Crippen LogP) is 0.586. The van der Waals surface area contributed by atoms with Crippen LogP contribution in [0.25, 0.3) is 0 Å². The maximum absolute atomic E-state index is 11.1. The Kier molecular flexibility index (Phi) is 5.03. The van der Waals surface area contributed by atoms with Crippen LogP contribution in [0, 0.1) is 0 Å². The fraction of sp³-hybridized carbons (Fsp3) is 0.700. The van der Waals surface area contributed by atoms with E-state index in [0.717, 1.165) is 5.56 Å². The largest absolute Gasteiger partial charge is 0.327 e. The van der Waals surface area contributed by atoms with Crippen LogP contribution < -0.4 is 5.73 Å². The van der Waals surface area contributed by atoms with Crippen LogP contribution in [0.2, 0.25) is 0 Å². The van der Waals surface area contributed by atoms with Gasteiger partial charge < -0.3 is 5.73 Å². The minimum atomic E-state index is -2.90. The third kappa shape index (κ3) is 5.10. The molecule has 0 fully saturated rings. The summed E-state index contributed by atoms with van der Waals surface area (Å²) < 4.78 is 23.8. The van der Waals surface area contributed by atoms with Crippen LogP contribution in [-0.4, -0.2) is 42.0 Å². The Bertz CT molecular complexity index is 454. The van der Waals surface area contributed by atoms with E-state index < -0.39 is 9.84 Å². The monoisotopic (exact) mass is 277 g/mol. The molecule has 0 spiro atoms. The van der Waals surface area contributed by atoms with Crippen molar-refractivity contribution >= 4 is 21.6 Å². The van der Waals surface area contributed by atoms with Crippen molar-refractivity contribution in [1.82, 2.24) is 9.78 Å². The summed E-state index contributed by atoms with van der Waals surface area (Å²) in [5.74, 6) is 0.737. The molecule has 0 aromatic carbocycles. The van der Waals surface area contributed by atoms with Gasteiger partial charge in [0.05, 0.1) is 11.9 Å². The molecule has 0 saturated carbocycles. The summed E-state index contributed by atoms with van der Waals surface area (Å²) in [4.78, 5) is 0. The summed E-state index contributed by atoms with van der Waals surface area (Å²) in [6, 6.07) is -0.0382. The zero-order chi connectivity index (χ0) is 13.1. The van der Waals surface area contributed by atoms with Gasteiger partial charge in [-0.15, -0.1) is 0 Å². The van der Waals surface area contributed by atoms with Crippen LogP contribution in [-0.2, 0) is 16.9 Å². The third-order valence-corrected chi connectivity index (χ3v) is 4.99. The number of nitrogens with zero attached hydrogens (tertiary/aromatic N) is 2. The molecule has 1 aromatic rings. The molecule has 2 N–H and O–H groups in total. The van der Waals surface area contributed by atoms with Crippen molar-refractivity contribution in [3.05, 3.63) is 18.0 Å². The lowest BCUT2D eigenvalue weighted by Crippen LogP contribution is -2.23. The quantitative estimate of drug-likeness (QED) is 0.823. The van der Waals surface area contributed by atoms with Gasteiger partial charge in [0.25, 0.3) is 0 Å². The standard InChI is InChI=1S/C10H19N3O2S2/c1-8(11)10(9-6-12-13(2)7-9)16-4-5-17(3,14)15/h6-8,10H,4-5,11H2,1-3H3. The number of hydrogen-bond acceptors (Lipinski definition) is 5. The van der Waals surface area contributed by atoms with Gasteiger partial charge in [-0.1, -0.05) is 0 Å². The predicted molar refractivity (Wildman–Crippen MR) is 71.8 cm³/mol. The van der Waals surface area contributed by atoms with Gasteiger partial charge in [-0.25, -0.2) is 8.42 Å². The molecule has 0 aliphatic rings. The summed E-state index contributed by atoms with van der Waals surface area (Å²) in [7, 11) is -1.05. The van der Waals surface area contributed by atoms with Crippen LogP contribution in [0.5, 0.6) is 0 Å². The van der Waals surface area contributed by atoms with Gasteiger partial charge in [0.15, 0.2) is 0 Å². The van der Waals surface area contributed by atoms with E-state index >= 15 is 0 Å². The molecule has 1 rings (SSSR count). The van der Waals surface area contributed by atoms with E-state index in [1.165, 1.54) is 6.26 Å². The van der Waals surface area contributed by atoms with Gasteiger partial charge in [0.1, 0.15) is 9.84 Å². The lowest BCUT2D eigenvalue weighted by molar-refractivity contribution is 0.603. The average Bonchev–Trinajstić information content (AvgIpc) is 2.57. The van der Waals surface area contributed by atoms with Gasteiger partial charge in [-0.3, -0.25) is 4.68 Å². The van der Waals surface area contributed by atoms with E-state index in [0.29, 0.717) is 5.75 Å². The summed E-state index contributed by atoms with van der Waals surface area (Å²) in [5.41, 5.74) is 6.96. The molecule has 1 aromatic heterocycles. The van der Waals surface area contributed by atoms with Crippen LogP contribution in [0.4, 0.5) is 0 Å². The van der Waals surface area contributed by atoms with Gasteiger partial charge in [-0.05, 0) is 6.92 Å². The first-order valence-electron chi connectivity index (χ1n) is 5.33. The molecule has 98 valence electrons. The maximum Gasteiger partial charge on any atom is 0.148 e. The summed E-state index contributed by atoms with van der Waals surface area (Å²) in [6.07, 6.45) is 4.95. The van der Waals surface area contributed by atoms with E-state index in [1.54, 1.807) is 22.6 Å². The molecule has 0 saturated heterocycles. The SMILES string of the molecule is CC(N)C(SCCS(C)(=O)=O)c1cnn(C)c1. The minimum absolute atomic E-state index is 0.0382. The number of thioether (sulfide) groups is 1. The average molecular weight is 277 g/mol. The van der Waals surface area contributed by atoms with E-state index in [4.69, 9.17) is 5.73 Å². The third-order valence-electron chi connectivity index (χ3n) is 2.28. The lowest BCUT2D eigenvalue weighted by Gasteiger charge is -2.18. The highest BCUT2D eigenvalue weighted by molar-refractivity contribution is 8.00. The molecule has 7 heteroatoms. The van der Waals surface area contributed by atoms with Crippen LogP contribution >= 0.6 is 11.8 Å². The number of aryl methyl sites for hydroxylation is 1. The summed E-state index contributed by atoms with van der Waals surface area (Å²) in [5, 5.41) is 4.19. The van der Waals surface area contributed by atoms with Crippen LogP contribution in [0.3, 0.4) is 0 Å². The Morgan fingerprint density at radius 3 is 2.65 bits per heavy atom. The molecule has 0 aliphatic carbocycles. The van der Waals surface area contributed by atoms with E-state index in [-0.39, 0.29) is 17.0 Å². The fourth-order valence-corrected chi connectivity index (χ4v) is 3.93. The van der Waals surface area contributed by atoms with Crippen molar-refractivity contribution in [1.29, 1.82) is 0 Å². The molecule has 0 bridgehead atoms. The Balaban J connectivity index is 2.62. The lowest BCUT2D eigenvalue weighted by atomic mass is 10.1. The second-order valence-corrected chi connectivity index (χ2v) is 7.74. The van der Waals surface area contributed by atoms with Crippen molar-refractivity contribution in [2.45, 2.75) is 18.2 Å². The molecule has 5 nitrogen and oxygen atoms in total. The first kappa shape index (κ1) is 14.5. The molecule has 0 radical (unpaired) electrons. The van der Waals surface area contributed by atoms with Crippen molar-refractivity contribution in [3.8, 4) is 0 Å². The van der Waals surface area contributed by atoms with E-state index in [1.807, 2.05) is 20.2 Å². The molecule has 0 amide bonds. The summed E-state index contributed by atoms with van der Waals surface area (Å²) >= 11 is 1.57. The normalized spacial score (nSPS) is 15.8. The Hall–Kier alpha value is -0.530. The zero-order valence-corrected chi connectivity index (χ0v) is 12.0. The van der Waals surface area contributed by atoms with Crippen molar-refractivity contribution in [2.75, 3.05) is 17.8 Å². The van der Waals surface area contributed by atoms with E-state index in [9.17, 15) is 8.42 Å². The second-order valence-electron chi connectivity index (χ2n) is 4.23.